The molecule has 4 amide bonds. The van der Waals surface area contributed by atoms with E-state index in [-0.39, 0.29) is 37.0 Å². The van der Waals surface area contributed by atoms with Crippen molar-refractivity contribution in [1.82, 2.24) is 19.8 Å². The number of benzene rings is 2. The number of hydrogen-bond acceptors (Lipinski definition) is 5. The van der Waals surface area contributed by atoms with E-state index in [1.54, 1.807) is 48.3 Å². The SMILES string of the molecule is Cn1ccnc1C(=O)c1cccc(NC(=O)CC[C@H]2NC(=O)N(Cc3ccccc3)C2=O)c1. The van der Waals surface area contributed by atoms with E-state index < -0.39 is 12.1 Å². The molecule has 4 rings (SSSR count). The largest absolute Gasteiger partial charge is 0.331 e. The van der Waals surface area contributed by atoms with Gasteiger partial charge in [-0.2, -0.15) is 0 Å². The molecule has 1 aliphatic heterocycles. The molecule has 168 valence electrons. The Bertz CT molecular complexity index is 1200. The van der Waals surface area contributed by atoms with Gasteiger partial charge in [0.1, 0.15) is 6.04 Å². The summed E-state index contributed by atoms with van der Waals surface area (Å²) in [5.41, 5.74) is 1.71. The third kappa shape index (κ3) is 4.98. The van der Waals surface area contributed by atoms with Gasteiger partial charge in [0, 0.05) is 37.1 Å². The number of anilines is 1. The second-order valence-corrected chi connectivity index (χ2v) is 7.77. The number of carbonyl (C=O) groups is 4. The Hall–Kier alpha value is -4.27. The lowest BCUT2D eigenvalue weighted by Gasteiger charge is -2.13. The summed E-state index contributed by atoms with van der Waals surface area (Å²) in [5, 5.41) is 5.38. The van der Waals surface area contributed by atoms with Crippen molar-refractivity contribution in [1.29, 1.82) is 0 Å². The van der Waals surface area contributed by atoms with Gasteiger partial charge in [0.25, 0.3) is 5.91 Å². The molecule has 0 radical (unpaired) electrons. The van der Waals surface area contributed by atoms with Gasteiger partial charge in [-0.25, -0.2) is 9.78 Å². The number of urea groups is 1. The number of hydrogen-bond donors (Lipinski definition) is 2. The number of amides is 4. The first-order chi connectivity index (χ1) is 15.9. The Morgan fingerprint density at radius 2 is 1.88 bits per heavy atom. The normalized spacial score (nSPS) is 15.4. The standard InChI is InChI=1S/C24H23N5O4/c1-28-13-12-25-22(28)21(31)17-8-5-9-18(14-17)26-20(30)11-10-19-23(32)29(24(33)27-19)15-16-6-3-2-4-7-16/h2-9,12-14,19H,10-11,15H2,1H3,(H,26,30)(H,27,33)/t19-/m1/s1. The highest BCUT2D eigenvalue weighted by Gasteiger charge is 2.37. The Morgan fingerprint density at radius 1 is 1.09 bits per heavy atom. The zero-order chi connectivity index (χ0) is 23.4. The van der Waals surface area contributed by atoms with Crippen LogP contribution in [0.1, 0.15) is 34.6 Å². The van der Waals surface area contributed by atoms with Crippen molar-refractivity contribution in [3.63, 3.8) is 0 Å². The van der Waals surface area contributed by atoms with Crippen LogP contribution in [0.2, 0.25) is 0 Å². The zero-order valence-corrected chi connectivity index (χ0v) is 18.0. The first kappa shape index (κ1) is 21.9. The number of rotatable bonds is 8. The maximum absolute atomic E-state index is 12.6. The number of carbonyl (C=O) groups excluding carboxylic acids is 4. The van der Waals surface area contributed by atoms with Gasteiger partial charge in [-0.05, 0) is 24.1 Å². The van der Waals surface area contributed by atoms with Gasteiger partial charge >= 0.3 is 6.03 Å². The van der Waals surface area contributed by atoms with Crippen LogP contribution in [0.25, 0.3) is 0 Å². The van der Waals surface area contributed by atoms with Crippen LogP contribution in [-0.2, 0) is 23.2 Å². The summed E-state index contributed by atoms with van der Waals surface area (Å²) in [4.78, 5) is 55.1. The van der Waals surface area contributed by atoms with E-state index >= 15 is 0 Å². The number of aryl methyl sites for hydroxylation is 1. The predicted octanol–water partition coefficient (Wildman–Crippen LogP) is 2.49. The zero-order valence-electron chi connectivity index (χ0n) is 18.0. The van der Waals surface area contributed by atoms with E-state index in [1.165, 1.54) is 0 Å². The second kappa shape index (κ2) is 9.47. The minimum atomic E-state index is -0.747. The molecule has 2 heterocycles. The van der Waals surface area contributed by atoms with Gasteiger partial charge < -0.3 is 15.2 Å². The molecular formula is C24H23N5O4. The summed E-state index contributed by atoms with van der Waals surface area (Å²) in [5.74, 6) is -0.621. The smallest absolute Gasteiger partial charge is 0.325 e. The van der Waals surface area contributed by atoms with Crippen LogP contribution < -0.4 is 10.6 Å². The van der Waals surface area contributed by atoms with Gasteiger partial charge in [-0.1, -0.05) is 42.5 Å². The van der Waals surface area contributed by atoms with Crippen LogP contribution in [0.5, 0.6) is 0 Å². The third-order valence-corrected chi connectivity index (χ3v) is 5.38. The quantitative estimate of drug-likeness (QED) is 0.409. The van der Waals surface area contributed by atoms with Crippen LogP contribution in [0.3, 0.4) is 0 Å². The Labute approximate surface area is 190 Å². The molecule has 2 N–H and O–H groups in total. The lowest BCUT2D eigenvalue weighted by Crippen LogP contribution is -2.31. The fourth-order valence-electron chi connectivity index (χ4n) is 3.64. The second-order valence-electron chi connectivity index (χ2n) is 7.77. The summed E-state index contributed by atoms with van der Waals surface area (Å²) in [7, 11) is 1.73. The van der Waals surface area contributed by atoms with Crippen LogP contribution in [-0.4, -0.2) is 44.1 Å². The van der Waals surface area contributed by atoms with Crippen molar-refractivity contribution >= 4 is 29.3 Å². The molecular weight excluding hydrogens is 422 g/mol. The van der Waals surface area contributed by atoms with Crippen molar-refractivity contribution in [3.05, 3.63) is 83.9 Å². The molecule has 9 nitrogen and oxygen atoms in total. The van der Waals surface area contributed by atoms with Crippen LogP contribution >= 0.6 is 0 Å². The minimum absolute atomic E-state index is 0.0351. The van der Waals surface area contributed by atoms with Gasteiger partial charge in [-0.15, -0.1) is 0 Å². The molecule has 1 aromatic heterocycles. The monoisotopic (exact) mass is 445 g/mol. The molecule has 1 aliphatic rings. The fraction of sp³-hybridized carbons (Fsp3) is 0.208. The minimum Gasteiger partial charge on any atom is -0.331 e. The first-order valence-corrected chi connectivity index (χ1v) is 10.5. The van der Waals surface area contributed by atoms with E-state index in [2.05, 4.69) is 15.6 Å². The van der Waals surface area contributed by atoms with Crippen molar-refractivity contribution in [2.24, 2.45) is 7.05 Å². The Kier molecular flexibility index (Phi) is 6.30. The lowest BCUT2D eigenvalue weighted by atomic mass is 10.1. The van der Waals surface area contributed by atoms with Gasteiger partial charge in [-0.3, -0.25) is 19.3 Å². The molecule has 9 heteroatoms. The van der Waals surface area contributed by atoms with Crippen molar-refractivity contribution in [2.75, 3.05) is 5.32 Å². The van der Waals surface area contributed by atoms with E-state index in [4.69, 9.17) is 0 Å². The van der Waals surface area contributed by atoms with Crippen molar-refractivity contribution in [2.45, 2.75) is 25.4 Å². The fourth-order valence-corrected chi connectivity index (χ4v) is 3.64. The summed E-state index contributed by atoms with van der Waals surface area (Å²) in [6, 6.07) is 14.6. The molecule has 0 aliphatic carbocycles. The molecule has 1 saturated heterocycles. The van der Waals surface area contributed by atoms with E-state index in [1.807, 2.05) is 30.3 Å². The highest BCUT2D eigenvalue weighted by atomic mass is 16.2. The highest BCUT2D eigenvalue weighted by molar-refractivity contribution is 6.07. The summed E-state index contributed by atoms with van der Waals surface area (Å²) < 4.78 is 1.63. The first-order valence-electron chi connectivity index (χ1n) is 10.5. The molecule has 3 aromatic rings. The molecule has 33 heavy (non-hydrogen) atoms. The molecule has 0 bridgehead atoms. The Morgan fingerprint density at radius 3 is 2.61 bits per heavy atom. The number of ketones is 1. The lowest BCUT2D eigenvalue weighted by molar-refractivity contribution is -0.128. The summed E-state index contributed by atoms with van der Waals surface area (Å²) in [6.45, 7) is 0.186. The molecule has 0 saturated carbocycles. The Balaban J connectivity index is 1.32. The molecule has 0 unspecified atom stereocenters. The van der Waals surface area contributed by atoms with E-state index in [9.17, 15) is 19.2 Å². The topological polar surface area (TPSA) is 113 Å². The number of nitrogens with one attached hydrogen (secondary N) is 2. The van der Waals surface area contributed by atoms with Gasteiger partial charge in [0.2, 0.25) is 11.7 Å². The summed E-state index contributed by atoms with van der Waals surface area (Å²) in [6.07, 6.45) is 3.44. The molecule has 2 aromatic carbocycles. The summed E-state index contributed by atoms with van der Waals surface area (Å²) >= 11 is 0. The maximum atomic E-state index is 12.6. The van der Waals surface area contributed by atoms with Crippen molar-refractivity contribution in [3.8, 4) is 0 Å². The van der Waals surface area contributed by atoms with Crippen LogP contribution in [0, 0.1) is 0 Å². The maximum Gasteiger partial charge on any atom is 0.325 e. The van der Waals surface area contributed by atoms with Crippen molar-refractivity contribution < 1.29 is 19.2 Å². The number of imide groups is 1. The van der Waals surface area contributed by atoms with Gasteiger partial charge in [0.05, 0.1) is 6.54 Å². The number of nitrogens with zero attached hydrogens (tertiary/aromatic N) is 3. The van der Waals surface area contributed by atoms with Gasteiger partial charge in [0.15, 0.2) is 5.82 Å². The van der Waals surface area contributed by atoms with Crippen LogP contribution in [0.4, 0.5) is 10.5 Å². The molecule has 0 spiro atoms. The average molecular weight is 445 g/mol. The highest BCUT2D eigenvalue weighted by Crippen LogP contribution is 2.17. The number of aromatic nitrogens is 2. The van der Waals surface area contributed by atoms with E-state index in [0.717, 1.165) is 10.5 Å². The average Bonchev–Trinajstić information content (AvgIpc) is 3.36. The van der Waals surface area contributed by atoms with E-state index in [0.29, 0.717) is 17.1 Å². The number of imidazole rings is 1. The third-order valence-electron chi connectivity index (χ3n) is 5.38. The molecule has 1 fully saturated rings. The predicted molar refractivity (Wildman–Crippen MR) is 120 cm³/mol. The molecule has 1 atom stereocenters. The van der Waals surface area contributed by atoms with Crippen LogP contribution in [0.15, 0.2) is 67.0 Å².